The van der Waals surface area contributed by atoms with Gasteiger partial charge in [0.15, 0.2) is 0 Å². The number of hydrogen-bond donors (Lipinski definition) is 1. The van der Waals surface area contributed by atoms with Crippen molar-refractivity contribution in [2.24, 2.45) is 5.73 Å². The molecule has 0 bridgehead atoms. The molecule has 2 N–H and O–H groups in total. The Labute approximate surface area is 101 Å². The van der Waals surface area contributed by atoms with Crippen LogP contribution in [0.2, 0.25) is 0 Å². The zero-order valence-corrected chi connectivity index (χ0v) is 9.84. The van der Waals surface area contributed by atoms with Gasteiger partial charge in [0.05, 0.1) is 0 Å². The Bertz CT molecular complexity index is 469. The monoisotopic (exact) mass is 228 g/mol. The predicted octanol–water partition coefficient (Wildman–Crippen LogP) is 2.68. The summed E-state index contributed by atoms with van der Waals surface area (Å²) in [6, 6.07) is 11.7. The lowest BCUT2D eigenvalue weighted by Gasteiger charge is -2.13. The fourth-order valence-corrected chi connectivity index (χ4v) is 1.63. The van der Waals surface area contributed by atoms with Crippen molar-refractivity contribution < 1.29 is 4.74 Å². The molecule has 1 atom stereocenters. The van der Waals surface area contributed by atoms with Crippen LogP contribution in [0, 0.1) is 0 Å². The van der Waals surface area contributed by atoms with Gasteiger partial charge >= 0.3 is 0 Å². The molecule has 0 radical (unpaired) electrons. The molecule has 0 spiro atoms. The van der Waals surface area contributed by atoms with Gasteiger partial charge in [-0.1, -0.05) is 18.2 Å². The second kappa shape index (κ2) is 5.46. The minimum atomic E-state index is -0.0244. The van der Waals surface area contributed by atoms with Gasteiger partial charge in [-0.25, -0.2) is 0 Å². The van der Waals surface area contributed by atoms with Crippen LogP contribution in [-0.2, 0) is 6.61 Å². The van der Waals surface area contributed by atoms with E-state index in [1.165, 1.54) is 0 Å². The molecule has 1 aromatic heterocycles. The maximum atomic E-state index is 5.89. The largest absolute Gasteiger partial charge is 0.489 e. The van der Waals surface area contributed by atoms with E-state index in [1.807, 2.05) is 43.3 Å². The normalized spacial score (nSPS) is 12.1. The van der Waals surface area contributed by atoms with Crippen LogP contribution in [0.3, 0.4) is 0 Å². The molecule has 1 heterocycles. The van der Waals surface area contributed by atoms with Crippen LogP contribution in [0.1, 0.15) is 24.1 Å². The Kier molecular flexibility index (Phi) is 3.73. The van der Waals surface area contributed by atoms with Crippen LogP contribution in [0.15, 0.2) is 48.8 Å². The molecule has 0 aliphatic carbocycles. The Morgan fingerprint density at radius 3 is 2.59 bits per heavy atom. The molecule has 0 saturated heterocycles. The van der Waals surface area contributed by atoms with E-state index in [4.69, 9.17) is 10.5 Å². The Morgan fingerprint density at radius 1 is 1.18 bits per heavy atom. The van der Waals surface area contributed by atoms with Gasteiger partial charge in [0.1, 0.15) is 12.4 Å². The summed E-state index contributed by atoms with van der Waals surface area (Å²) in [6.07, 6.45) is 3.52. The molecule has 17 heavy (non-hydrogen) atoms. The molecule has 2 rings (SSSR count). The summed E-state index contributed by atoms with van der Waals surface area (Å²) in [5.74, 6) is 0.847. The highest BCUT2D eigenvalue weighted by atomic mass is 16.5. The van der Waals surface area contributed by atoms with Crippen molar-refractivity contribution in [3.05, 3.63) is 59.9 Å². The average Bonchev–Trinajstić information content (AvgIpc) is 2.38. The lowest BCUT2D eigenvalue weighted by Crippen LogP contribution is -2.07. The fraction of sp³-hybridized carbons (Fsp3) is 0.214. The molecule has 0 aliphatic rings. The number of hydrogen-bond acceptors (Lipinski definition) is 3. The third-order valence-electron chi connectivity index (χ3n) is 2.55. The molecule has 88 valence electrons. The Balaban J connectivity index is 2.09. The van der Waals surface area contributed by atoms with Crippen LogP contribution in [-0.4, -0.2) is 4.98 Å². The average molecular weight is 228 g/mol. The van der Waals surface area contributed by atoms with Crippen LogP contribution in [0.5, 0.6) is 5.75 Å². The Morgan fingerprint density at radius 2 is 1.88 bits per heavy atom. The zero-order valence-electron chi connectivity index (χ0n) is 9.84. The first-order chi connectivity index (χ1) is 8.27. The number of benzene rings is 1. The summed E-state index contributed by atoms with van der Waals surface area (Å²) >= 11 is 0. The highest BCUT2D eigenvalue weighted by Crippen LogP contribution is 2.23. The second-order valence-electron chi connectivity index (χ2n) is 3.97. The molecule has 0 saturated carbocycles. The second-order valence-corrected chi connectivity index (χ2v) is 3.97. The van der Waals surface area contributed by atoms with E-state index in [1.54, 1.807) is 12.4 Å². The fourth-order valence-electron chi connectivity index (χ4n) is 1.63. The van der Waals surface area contributed by atoms with Crippen molar-refractivity contribution in [3.8, 4) is 5.75 Å². The number of nitrogens with two attached hydrogens (primary N) is 1. The minimum absolute atomic E-state index is 0.0244. The number of ether oxygens (including phenoxy) is 1. The molecule has 3 heteroatoms. The number of nitrogens with zero attached hydrogens (tertiary/aromatic N) is 1. The standard InChI is InChI=1S/C14H16N2O/c1-11(15)13-4-2-3-5-14(13)17-10-12-6-8-16-9-7-12/h2-9,11H,10,15H2,1H3/t11-/m0/s1. The van der Waals surface area contributed by atoms with Crippen molar-refractivity contribution in [1.29, 1.82) is 0 Å². The van der Waals surface area contributed by atoms with E-state index in [0.717, 1.165) is 16.9 Å². The first-order valence-corrected chi connectivity index (χ1v) is 5.63. The van der Waals surface area contributed by atoms with Gasteiger partial charge in [0, 0.05) is 24.0 Å². The summed E-state index contributed by atoms with van der Waals surface area (Å²) in [5.41, 5.74) is 8.02. The maximum absolute atomic E-state index is 5.89. The van der Waals surface area contributed by atoms with Gasteiger partial charge < -0.3 is 10.5 Å². The molecule has 0 fully saturated rings. The van der Waals surface area contributed by atoms with E-state index in [-0.39, 0.29) is 6.04 Å². The number of rotatable bonds is 4. The summed E-state index contributed by atoms with van der Waals surface area (Å²) in [4.78, 5) is 3.97. The molecule has 0 unspecified atom stereocenters. The quantitative estimate of drug-likeness (QED) is 0.875. The van der Waals surface area contributed by atoms with Crippen LogP contribution >= 0.6 is 0 Å². The van der Waals surface area contributed by atoms with Crippen molar-refractivity contribution in [2.75, 3.05) is 0 Å². The number of aromatic nitrogens is 1. The number of pyridine rings is 1. The van der Waals surface area contributed by atoms with Crippen molar-refractivity contribution >= 4 is 0 Å². The number of para-hydroxylation sites is 1. The Hall–Kier alpha value is -1.87. The predicted molar refractivity (Wildman–Crippen MR) is 67.6 cm³/mol. The highest BCUT2D eigenvalue weighted by molar-refractivity contribution is 5.35. The van der Waals surface area contributed by atoms with Crippen LogP contribution in [0.25, 0.3) is 0 Å². The van der Waals surface area contributed by atoms with Gasteiger partial charge in [0.2, 0.25) is 0 Å². The van der Waals surface area contributed by atoms with E-state index in [9.17, 15) is 0 Å². The summed E-state index contributed by atoms with van der Waals surface area (Å²) in [5, 5.41) is 0. The third-order valence-corrected chi connectivity index (χ3v) is 2.55. The molecule has 1 aromatic carbocycles. The van der Waals surface area contributed by atoms with Crippen molar-refractivity contribution in [1.82, 2.24) is 4.98 Å². The summed E-state index contributed by atoms with van der Waals surface area (Å²) in [7, 11) is 0. The molecular formula is C14H16N2O. The van der Waals surface area contributed by atoms with Crippen LogP contribution in [0.4, 0.5) is 0 Å². The van der Waals surface area contributed by atoms with Gasteiger partial charge in [-0.2, -0.15) is 0 Å². The van der Waals surface area contributed by atoms with Crippen molar-refractivity contribution in [3.63, 3.8) is 0 Å². The van der Waals surface area contributed by atoms with Gasteiger partial charge in [-0.05, 0) is 30.7 Å². The van der Waals surface area contributed by atoms with E-state index in [0.29, 0.717) is 6.61 Å². The maximum Gasteiger partial charge on any atom is 0.124 e. The van der Waals surface area contributed by atoms with Gasteiger partial charge in [-0.15, -0.1) is 0 Å². The molecule has 3 nitrogen and oxygen atoms in total. The van der Waals surface area contributed by atoms with E-state index in [2.05, 4.69) is 4.98 Å². The molecule has 0 amide bonds. The summed E-state index contributed by atoms with van der Waals surface area (Å²) < 4.78 is 5.78. The topological polar surface area (TPSA) is 48.1 Å². The van der Waals surface area contributed by atoms with E-state index >= 15 is 0 Å². The minimum Gasteiger partial charge on any atom is -0.489 e. The lowest BCUT2D eigenvalue weighted by molar-refractivity contribution is 0.301. The molecular weight excluding hydrogens is 212 g/mol. The van der Waals surface area contributed by atoms with Crippen molar-refractivity contribution in [2.45, 2.75) is 19.6 Å². The first-order valence-electron chi connectivity index (χ1n) is 5.63. The lowest BCUT2D eigenvalue weighted by atomic mass is 10.1. The third kappa shape index (κ3) is 3.04. The SMILES string of the molecule is C[C@H](N)c1ccccc1OCc1ccncc1. The highest BCUT2D eigenvalue weighted by Gasteiger charge is 2.06. The summed E-state index contributed by atoms with van der Waals surface area (Å²) in [6.45, 7) is 2.49. The molecule has 2 aromatic rings. The van der Waals surface area contributed by atoms with E-state index < -0.39 is 0 Å². The first kappa shape index (κ1) is 11.6. The van der Waals surface area contributed by atoms with Crippen LogP contribution < -0.4 is 10.5 Å². The van der Waals surface area contributed by atoms with Gasteiger partial charge in [-0.3, -0.25) is 4.98 Å². The molecule has 0 aliphatic heterocycles. The van der Waals surface area contributed by atoms with Gasteiger partial charge in [0.25, 0.3) is 0 Å². The zero-order chi connectivity index (χ0) is 12.1. The smallest absolute Gasteiger partial charge is 0.124 e.